The van der Waals surface area contributed by atoms with Gasteiger partial charge in [-0.2, -0.15) is 0 Å². The van der Waals surface area contributed by atoms with E-state index in [4.69, 9.17) is 0 Å². The van der Waals surface area contributed by atoms with Crippen molar-refractivity contribution in [3.63, 3.8) is 0 Å². The number of carbonyl (C=O) groups is 1. The van der Waals surface area contributed by atoms with Crippen LogP contribution in [0.2, 0.25) is 0 Å². The summed E-state index contributed by atoms with van der Waals surface area (Å²) in [6, 6.07) is 9.58. The molecule has 4 nitrogen and oxygen atoms in total. The van der Waals surface area contributed by atoms with Crippen molar-refractivity contribution in [1.82, 2.24) is 4.98 Å². The van der Waals surface area contributed by atoms with Gasteiger partial charge in [0.15, 0.2) is 5.69 Å². The number of carboxylic acids is 1. The molecule has 0 unspecified atom stereocenters. The van der Waals surface area contributed by atoms with Crippen molar-refractivity contribution in [3.8, 4) is 0 Å². The van der Waals surface area contributed by atoms with Crippen LogP contribution in [0.1, 0.15) is 38.2 Å². The van der Waals surface area contributed by atoms with E-state index in [1.54, 1.807) is 6.07 Å². The van der Waals surface area contributed by atoms with Crippen molar-refractivity contribution in [3.05, 3.63) is 36.0 Å². The van der Waals surface area contributed by atoms with E-state index in [1.807, 2.05) is 24.3 Å². The number of nitrogens with zero attached hydrogens (tertiary/aromatic N) is 1. The fourth-order valence-electron chi connectivity index (χ4n) is 3.12. The molecule has 1 saturated carbocycles. The third-order valence-electron chi connectivity index (χ3n) is 5.26. The maximum absolute atomic E-state index is 11.3. The van der Waals surface area contributed by atoms with Gasteiger partial charge in [-0.25, -0.2) is 9.78 Å². The van der Waals surface area contributed by atoms with Gasteiger partial charge < -0.3 is 10.4 Å². The lowest BCUT2D eigenvalue weighted by molar-refractivity contribution is 0.0691. The van der Waals surface area contributed by atoms with Gasteiger partial charge in [-0.15, -0.1) is 0 Å². The Morgan fingerprint density at radius 2 is 1.81 bits per heavy atom. The van der Waals surface area contributed by atoms with Crippen molar-refractivity contribution < 1.29 is 9.90 Å². The summed E-state index contributed by atoms with van der Waals surface area (Å²) in [5.74, 6) is -1.00. The van der Waals surface area contributed by atoms with Gasteiger partial charge in [-0.3, -0.25) is 0 Å². The van der Waals surface area contributed by atoms with Gasteiger partial charge in [0.25, 0.3) is 0 Å². The Bertz CT molecular complexity index is 721. The zero-order valence-corrected chi connectivity index (χ0v) is 12.8. The molecule has 0 amide bonds. The number of hydrogen-bond acceptors (Lipinski definition) is 3. The van der Waals surface area contributed by atoms with Crippen LogP contribution in [0.25, 0.3) is 10.9 Å². The molecule has 2 N–H and O–H groups in total. The normalized spacial score (nSPS) is 19.4. The average Bonchev–Trinajstić information content (AvgIpc) is 2.80. The van der Waals surface area contributed by atoms with Crippen LogP contribution in [-0.4, -0.2) is 22.1 Å². The summed E-state index contributed by atoms with van der Waals surface area (Å²) in [5.41, 5.74) is 1.99. The van der Waals surface area contributed by atoms with E-state index in [0.29, 0.717) is 11.6 Å². The third-order valence-corrected chi connectivity index (χ3v) is 5.26. The molecule has 4 heteroatoms. The highest BCUT2D eigenvalue weighted by atomic mass is 16.4. The molecule has 1 heterocycles. The van der Waals surface area contributed by atoms with Gasteiger partial charge in [0.1, 0.15) is 0 Å². The van der Waals surface area contributed by atoms with Crippen molar-refractivity contribution in [2.45, 2.75) is 33.7 Å². The average molecular weight is 284 g/mol. The highest BCUT2D eigenvalue weighted by molar-refractivity contribution is 5.97. The number of para-hydroxylation sites is 1. The number of aromatic carboxylic acids is 1. The van der Waals surface area contributed by atoms with Crippen LogP contribution >= 0.6 is 0 Å². The summed E-state index contributed by atoms with van der Waals surface area (Å²) in [6.07, 6.45) is 0. The lowest BCUT2D eigenvalue weighted by Crippen LogP contribution is -2.12. The van der Waals surface area contributed by atoms with E-state index in [0.717, 1.165) is 11.1 Å². The fourth-order valence-corrected chi connectivity index (χ4v) is 3.12. The molecule has 0 radical (unpaired) electrons. The fraction of sp³-hybridized carbons (Fsp3) is 0.412. The molecule has 1 aromatic carbocycles. The number of rotatable bonds is 3. The number of fused-ring (bicyclic) bond motifs is 1. The first-order valence-electron chi connectivity index (χ1n) is 7.15. The number of nitrogens with one attached hydrogen (secondary N) is 1. The smallest absolute Gasteiger partial charge is 0.354 e. The van der Waals surface area contributed by atoms with Gasteiger partial charge in [0.2, 0.25) is 0 Å². The predicted molar refractivity (Wildman–Crippen MR) is 83.7 cm³/mol. The Kier molecular flexibility index (Phi) is 2.77. The van der Waals surface area contributed by atoms with Crippen LogP contribution < -0.4 is 5.32 Å². The summed E-state index contributed by atoms with van der Waals surface area (Å²) in [7, 11) is 0. The SMILES string of the molecule is CC1(C)C(Nc2cc(C(=O)O)nc3ccccc23)C1(C)C. The first kappa shape index (κ1) is 13.9. The maximum Gasteiger partial charge on any atom is 0.354 e. The molecule has 1 aliphatic carbocycles. The number of anilines is 1. The van der Waals surface area contributed by atoms with E-state index in [-0.39, 0.29) is 16.5 Å². The molecule has 1 aromatic heterocycles. The van der Waals surface area contributed by atoms with Crippen LogP contribution in [0.15, 0.2) is 30.3 Å². The van der Waals surface area contributed by atoms with E-state index >= 15 is 0 Å². The number of pyridine rings is 1. The van der Waals surface area contributed by atoms with E-state index in [9.17, 15) is 9.90 Å². The lowest BCUT2D eigenvalue weighted by atomic mass is 10.0. The second-order valence-corrected chi connectivity index (χ2v) is 6.90. The molecule has 0 bridgehead atoms. The standard InChI is InChI=1S/C17H20N2O2/c1-16(2)15(17(16,3)4)19-12-9-13(14(20)21)18-11-8-6-5-7-10(11)12/h5-9,15H,1-4H3,(H,18,19)(H,20,21). The lowest BCUT2D eigenvalue weighted by Gasteiger charge is -2.12. The highest BCUT2D eigenvalue weighted by Crippen LogP contribution is 2.63. The first-order chi connectivity index (χ1) is 9.75. The number of aromatic nitrogens is 1. The molecule has 21 heavy (non-hydrogen) atoms. The van der Waals surface area contributed by atoms with Crippen molar-refractivity contribution >= 4 is 22.6 Å². The third kappa shape index (κ3) is 1.97. The number of carboxylic acid groups (broad SMARTS) is 1. The Labute approximate surface area is 124 Å². The summed E-state index contributed by atoms with van der Waals surface area (Å²) in [5, 5.41) is 13.7. The molecule has 2 aromatic rings. The second kappa shape index (κ2) is 4.20. The van der Waals surface area contributed by atoms with Gasteiger partial charge >= 0.3 is 5.97 Å². The van der Waals surface area contributed by atoms with Crippen LogP contribution in [0.4, 0.5) is 5.69 Å². The van der Waals surface area contributed by atoms with Crippen LogP contribution in [-0.2, 0) is 0 Å². The van der Waals surface area contributed by atoms with Crippen LogP contribution in [0.3, 0.4) is 0 Å². The minimum atomic E-state index is -1.00. The minimum absolute atomic E-state index is 0.0764. The van der Waals surface area contributed by atoms with Gasteiger partial charge in [0.05, 0.1) is 5.52 Å². The highest BCUT2D eigenvalue weighted by Gasteiger charge is 2.65. The molecule has 3 rings (SSSR count). The largest absolute Gasteiger partial charge is 0.477 e. The zero-order chi connectivity index (χ0) is 15.4. The van der Waals surface area contributed by atoms with Crippen molar-refractivity contribution in [2.24, 2.45) is 10.8 Å². The summed E-state index contributed by atoms with van der Waals surface area (Å²) in [4.78, 5) is 15.5. The molecule has 0 spiro atoms. The van der Waals surface area contributed by atoms with Gasteiger partial charge in [0, 0.05) is 17.1 Å². The predicted octanol–water partition coefficient (Wildman–Crippen LogP) is 3.78. The van der Waals surface area contributed by atoms with Gasteiger partial charge in [-0.1, -0.05) is 45.9 Å². The number of hydrogen-bond donors (Lipinski definition) is 2. The quantitative estimate of drug-likeness (QED) is 0.900. The summed E-state index contributed by atoms with van der Waals surface area (Å²) < 4.78 is 0. The molecule has 1 aliphatic rings. The zero-order valence-electron chi connectivity index (χ0n) is 12.8. The Balaban J connectivity index is 2.08. The molecular weight excluding hydrogens is 264 g/mol. The van der Waals surface area contributed by atoms with Crippen LogP contribution in [0, 0.1) is 10.8 Å². The Morgan fingerprint density at radius 3 is 2.38 bits per heavy atom. The van der Waals surface area contributed by atoms with Crippen LogP contribution in [0.5, 0.6) is 0 Å². The topological polar surface area (TPSA) is 62.2 Å². The van der Waals surface area contributed by atoms with Gasteiger partial charge in [-0.05, 0) is 23.0 Å². The van der Waals surface area contributed by atoms with E-state index < -0.39 is 5.97 Å². The van der Waals surface area contributed by atoms with E-state index in [2.05, 4.69) is 38.0 Å². The molecule has 0 atom stereocenters. The Hall–Kier alpha value is -2.10. The molecule has 0 aliphatic heterocycles. The maximum atomic E-state index is 11.3. The monoisotopic (exact) mass is 284 g/mol. The molecule has 110 valence electrons. The molecular formula is C17H20N2O2. The minimum Gasteiger partial charge on any atom is -0.477 e. The first-order valence-corrected chi connectivity index (χ1v) is 7.15. The summed E-state index contributed by atoms with van der Waals surface area (Å²) in [6.45, 7) is 8.91. The second-order valence-electron chi connectivity index (χ2n) is 6.90. The van der Waals surface area contributed by atoms with Crippen molar-refractivity contribution in [2.75, 3.05) is 5.32 Å². The van der Waals surface area contributed by atoms with E-state index in [1.165, 1.54) is 0 Å². The Morgan fingerprint density at radius 1 is 1.19 bits per heavy atom. The molecule has 1 fully saturated rings. The number of benzene rings is 1. The molecule has 0 saturated heterocycles. The summed E-state index contributed by atoms with van der Waals surface area (Å²) >= 11 is 0. The van der Waals surface area contributed by atoms with Crippen molar-refractivity contribution in [1.29, 1.82) is 0 Å².